The molecule has 0 spiro atoms. The number of rotatable bonds is 6. The zero-order chi connectivity index (χ0) is 20.1. The minimum atomic E-state index is 0.0919. The Morgan fingerprint density at radius 2 is 1.68 bits per heavy atom. The van der Waals surface area contributed by atoms with E-state index in [1.54, 1.807) is 0 Å². The molecule has 2 aromatic carbocycles. The Balaban J connectivity index is 1.43. The number of nitrogens with one attached hydrogen (secondary N) is 1. The maximum atomic E-state index is 12.3. The van der Waals surface area contributed by atoms with Gasteiger partial charge in [-0.2, -0.15) is 0 Å². The smallest absolute Gasteiger partial charge is 0.225 e. The highest BCUT2D eigenvalue weighted by atomic mass is 16.1. The van der Waals surface area contributed by atoms with Gasteiger partial charge in [0.15, 0.2) is 0 Å². The molecule has 1 N–H and O–H groups in total. The topological polar surface area (TPSA) is 35.6 Å². The van der Waals surface area contributed by atoms with Gasteiger partial charge in [-0.05, 0) is 54.7 Å². The predicted octanol–water partition coefficient (Wildman–Crippen LogP) is 4.58. The Morgan fingerprint density at radius 1 is 1.00 bits per heavy atom. The van der Waals surface area contributed by atoms with Crippen LogP contribution in [0.2, 0.25) is 0 Å². The van der Waals surface area contributed by atoms with Gasteiger partial charge >= 0.3 is 0 Å². The lowest BCUT2D eigenvalue weighted by molar-refractivity contribution is -0.116. The number of anilines is 2. The number of hydrogen-bond donors (Lipinski definition) is 1. The third kappa shape index (κ3) is 5.14. The summed E-state index contributed by atoms with van der Waals surface area (Å²) in [6.07, 6.45) is 0.537. The molecular weight excluding hydrogens is 346 g/mol. The van der Waals surface area contributed by atoms with E-state index in [1.807, 2.05) is 12.1 Å². The summed E-state index contributed by atoms with van der Waals surface area (Å²) in [5.74, 6) is 0.598. The normalized spacial score (nSPS) is 15.1. The quantitative estimate of drug-likeness (QED) is 0.798. The molecule has 1 fully saturated rings. The van der Waals surface area contributed by atoms with Crippen molar-refractivity contribution in [2.75, 3.05) is 42.9 Å². The van der Waals surface area contributed by atoms with E-state index in [2.05, 4.69) is 73.1 Å². The SMILES string of the molecule is Cc1cccc(N2CCN(CCC(=O)Nc3ccc(C(C)C)cc3)CC2)c1C. The second-order valence-corrected chi connectivity index (χ2v) is 8.12. The summed E-state index contributed by atoms with van der Waals surface area (Å²) in [5.41, 5.74) is 6.24. The molecule has 0 atom stereocenters. The summed E-state index contributed by atoms with van der Waals surface area (Å²) in [4.78, 5) is 17.2. The van der Waals surface area contributed by atoms with Crippen molar-refractivity contribution in [2.24, 2.45) is 0 Å². The largest absolute Gasteiger partial charge is 0.369 e. The van der Waals surface area contributed by atoms with Gasteiger partial charge in [-0.25, -0.2) is 0 Å². The second-order valence-electron chi connectivity index (χ2n) is 8.12. The van der Waals surface area contributed by atoms with Crippen molar-refractivity contribution in [3.8, 4) is 0 Å². The van der Waals surface area contributed by atoms with E-state index in [1.165, 1.54) is 22.4 Å². The van der Waals surface area contributed by atoms with Crippen molar-refractivity contribution in [3.63, 3.8) is 0 Å². The number of aryl methyl sites for hydroxylation is 1. The van der Waals surface area contributed by atoms with Crippen LogP contribution in [-0.4, -0.2) is 43.5 Å². The molecule has 1 saturated heterocycles. The minimum absolute atomic E-state index is 0.0919. The first-order valence-electron chi connectivity index (χ1n) is 10.4. The van der Waals surface area contributed by atoms with Crippen LogP contribution in [-0.2, 0) is 4.79 Å². The van der Waals surface area contributed by atoms with E-state index in [0.29, 0.717) is 12.3 Å². The van der Waals surface area contributed by atoms with E-state index in [4.69, 9.17) is 0 Å². The fraction of sp³-hybridized carbons (Fsp3) is 0.458. The molecule has 1 amide bonds. The van der Waals surface area contributed by atoms with Gasteiger partial charge in [-0.3, -0.25) is 9.69 Å². The highest BCUT2D eigenvalue weighted by molar-refractivity contribution is 5.90. The minimum Gasteiger partial charge on any atom is -0.369 e. The summed E-state index contributed by atoms with van der Waals surface area (Å²) in [7, 11) is 0. The van der Waals surface area contributed by atoms with Gasteiger partial charge in [-0.15, -0.1) is 0 Å². The Morgan fingerprint density at radius 3 is 2.32 bits per heavy atom. The Labute approximate surface area is 169 Å². The van der Waals surface area contributed by atoms with Gasteiger partial charge in [0.1, 0.15) is 0 Å². The lowest BCUT2D eigenvalue weighted by Crippen LogP contribution is -2.47. The monoisotopic (exact) mass is 379 g/mol. The summed E-state index contributed by atoms with van der Waals surface area (Å²) in [6, 6.07) is 14.7. The van der Waals surface area contributed by atoms with Crippen LogP contribution in [0.4, 0.5) is 11.4 Å². The standard InChI is InChI=1S/C24H33N3O/c1-18(2)21-8-10-22(11-9-21)25-24(28)12-13-26-14-16-27(17-15-26)23-7-5-6-19(3)20(23)4/h5-11,18H,12-17H2,1-4H3,(H,25,28). The molecule has 0 saturated carbocycles. The number of amides is 1. The van der Waals surface area contributed by atoms with Gasteiger partial charge in [0.2, 0.25) is 5.91 Å². The highest BCUT2D eigenvalue weighted by Gasteiger charge is 2.19. The van der Waals surface area contributed by atoms with Crippen LogP contribution in [0.15, 0.2) is 42.5 Å². The average molecular weight is 380 g/mol. The third-order valence-corrected chi connectivity index (χ3v) is 5.81. The fourth-order valence-corrected chi connectivity index (χ4v) is 3.73. The molecule has 0 bridgehead atoms. The molecule has 1 aliphatic heterocycles. The summed E-state index contributed by atoms with van der Waals surface area (Å²) >= 11 is 0. The molecule has 0 radical (unpaired) electrons. The molecule has 150 valence electrons. The van der Waals surface area contributed by atoms with Gasteiger partial charge in [0.05, 0.1) is 0 Å². The van der Waals surface area contributed by atoms with Crippen LogP contribution >= 0.6 is 0 Å². The van der Waals surface area contributed by atoms with E-state index in [0.717, 1.165) is 38.4 Å². The zero-order valence-electron chi connectivity index (χ0n) is 17.7. The molecule has 4 heteroatoms. The van der Waals surface area contributed by atoms with Crippen LogP contribution in [0.5, 0.6) is 0 Å². The molecule has 1 aliphatic rings. The first-order valence-corrected chi connectivity index (χ1v) is 10.4. The molecule has 3 rings (SSSR count). The Kier molecular flexibility index (Phi) is 6.74. The van der Waals surface area contributed by atoms with Gasteiger partial charge < -0.3 is 10.2 Å². The molecule has 2 aromatic rings. The second kappa shape index (κ2) is 9.24. The van der Waals surface area contributed by atoms with E-state index in [9.17, 15) is 4.79 Å². The van der Waals surface area contributed by atoms with Gasteiger partial charge in [-0.1, -0.05) is 38.1 Å². The third-order valence-electron chi connectivity index (χ3n) is 5.81. The fourth-order valence-electron chi connectivity index (χ4n) is 3.73. The summed E-state index contributed by atoms with van der Waals surface area (Å²) in [6.45, 7) is 13.6. The van der Waals surface area contributed by atoms with Crippen molar-refractivity contribution in [1.29, 1.82) is 0 Å². The molecule has 0 aliphatic carbocycles. The van der Waals surface area contributed by atoms with E-state index in [-0.39, 0.29) is 5.91 Å². The molecule has 28 heavy (non-hydrogen) atoms. The van der Waals surface area contributed by atoms with Crippen LogP contribution in [0, 0.1) is 13.8 Å². The number of benzene rings is 2. The Bertz CT molecular complexity index is 790. The number of carbonyl (C=O) groups is 1. The van der Waals surface area contributed by atoms with Crippen molar-refractivity contribution in [3.05, 3.63) is 59.2 Å². The van der Waals surface area contributed by atoms with Crippen molar-refractivity contribution in [1.82, 2.24) is 4.90 Å². The van der Waals surface area contributed by atoms with Crippen molar-refractivity contribution >= 4 is 17.3 Å². The lowest BCUT2D eigenvalue weighted by atomic mass is 10.0. The predicted molar refractivity (Wildman–Crippen MR) is 118 cm³/mol. The van der Waals surface area contributed by atoms with Crippen LogP contribution in [0.1, 0.15) is 42.9 Å². The number of carbonyl (C=O) groups excluding carboxylic acids is 1. The molecule has 0 unspecified atom stereocenters. The molecular formula is C24H33N3O. The van der Waals surface area contributed by atoms with E-state index >= 15 is 0 Å². The first kappa shape index (κ1) is 20.4. The summed E-state index contributed by atoms with van der Waals surface area (Å²) in [5, 5.41) is 3.02. The molecule has 1 heterocycles. The van der Waals surface area contributed by atoms with Crippen LogP contribution in [0.25, 0.3) is 0 Å². The maximum Gasteiger partial charge on any atom is 0.225 e. The number of hydrogen-bond acceptors (Lipinski definition) is 3. The van der Waals surface area contributed by atoms with Gasteiger partial charge in [0.25, 0.3) is 0 Å². The molecule has 4 nitrogen and oxygen atoms in total. The van der Waals surface area contributed by atoms with Crippen LogP contribution in [0.3, 0.4) is 0 Å². The lowest BCUT2D eigenvalue weighted by Gasteiger charge is -2.37. The Hall–Kier alpha value is -2.33. The number of piperazine rings is 1. The zero-order valence-corrected chi connectivity index (χ0v) is 17.7. The summed E-state index contributed by atoms with van der Waals surface area (Å²) < 4.78 is 0. The average Bonchev–Trinajstić information content (AvgIpc) is 2.69. The van der Waals surface area contributed by atoms with E-state index < -0.39 is 0 Å². The van der Waals surface area contributed by atoms with Crippen molar-refractivity contribution < 1.29 is 4.79 Å². The highest BCUT2D eigenvalue weighted by Crippen LogP contribution is 2.24. The van der Waals surface area contributed by atoms with Gasteiger partial charge in [0, 0.05) is 50.5 Å². The molecule has 0 aromatic heterocycles. The van der Waals surface area contributed by atoms with Crippen LogP contribution < -0.4 is 10.2 Å². The first-order chi connectivity index (χ1) is 13.4. The maximum absolute atomic E-state index is 12.3. The number of nitrogens with zero attached hydrogens (tertiary/aromatic N) is 2. The van der Waals surface area contributed by atoms with Crippen molar-refractivity contribution in [2.45, 2.75) is 40.0 Å².